The van der Waals surface area contributed by atoms with Crippen molar-refractivity contribution in [3.05, 3.63) is 29.3 Å². The molecule has 2 heterocycles. The first-order chi connectivity index (χ1) is 11.3. The van der Waals surface area contributed by atoms with E-state index in [0.717, 1.165) is 11.3 Å². The molecule has 0 spiro atoms. The third-order valence-corrected chi connectivity index (χ3v) is 4.31. The van der Waals surface area contributed by atoms with Crippen LogP contribution >= 0.6 is 0 Å². The number of hydrogen-bond donors (Lipinski definition) is 0. The Morgan fingerprint density at radius 1 is 1.25 bits per heavy atom. The van der Waals surface area contributed by atoms with Crippen molar-refractivity contribution in [2.75, 3.05) is 14.2 Å². The fraction of sp³-hybridized carbons (Fsp3) is 0.611. The Labute approximate surface area is 142 Å². The van der Waals surface area contributed by atoms with E-state index >= 15 is 0 Å². The van der Waals surface area contributed by atoms with E-state index < -0.39 is 5.60 Å². The lowest BCUT2D eigenvalue weighted by Crippen LogP contribution is -2.49. The zero-order chi connectivity index (χ0) is 17.5. The summed E-state index contributed by atoms with van der Waals surface area (Å²) < 4.78 is 21.7. The molecule has 1 aromatic rings. The Kier molecular flexibility index (Phi) is 4.44. The molecule has 1 fully saturated rings. The van der Waals surface area contributed by atoms with E-state index in [0.29, 0.717) is 13.0 Å². The minimum absolute atomic E-state index is 0.0919. The SMILES string of the molecule is COc1ccc2c(c1)CN(C(=O)OC(C)(C)C)[C@H](C1OC1OC)C2. The molecule has 132 valence electrons. The summed E-state index contributed by atoms with van der Waals surface area (Å²) in [6, 6.07) is 5.88. The van der Waals surface area contributed by atoms with Crippen molar-refractivity contribution in [3.63, 3.8) is 0 Å². The third-order valence-electron chi connectivity index (χ3n) is 4.31. The molecule has 2 aliphatic rings. The lowest BCUT2D eigenvalue weighted by Gasteiger charge is -2.37. The second-order valence-electron chi connectivity index (χ2n) is 7.22. The van der Waals surface area contributed by atoms with Crippen molar-refractivity contribution in [1.82, 2.24) is 4.90 Å². The van der Waals surface area contributed by atoms with E-state index in [2.05, 4.69) is 6.07 Å². The molecule has 0 aliphatic carbocycles. The molecule has 1 saturated heterocycles. The number of benzene rings is 1. The molecule has 0 radical (unpaired) electrons. The predicted octanol–water partition coefficient (Wildman–Crippen LogP) is 2.73. The molecule has 24 heavy (non-hydrogen) atoms. The van der Waals surface area contributed by atoms with Crippen LogP contribution in [-0.2, 0) is 27.2 Å². The number of amides is 1. The van der Waals surface area contributed by atoms with Crippen molar-refractivity contribution in [3.8, 4) is 5.75 Å². The van der Waals surface area contributed by atoms with Gasteiger partial charge in [0.05, 0.1) is 13.2 Å². The lowest BCUT2D eigenvalue weighted by atomic mass is 9.92. The van der Waals surface area contributed by atoms with Crippen molar-refractivity contribution < 1.29 is 23.7 Å². The molecule has 3 rings (SSSR count). The molecule has 3 atom stereocenters. The number of carbonyl (C=O) groups is 1. The number of carbonyl (C=O) groups excluding carboxylic acids is 1. The second kappa shape index (κ2) is 6.26. The van der Waals surface area contributed by atoms with Crippen LogP contribution in [0.25, 0.3) is 0 Å². The first-order valence-corrected chi connectivity index (χ1v) is 8.16. The lowest BCUT2D eigenvalue weighted by molar-refractivity contribution is 0.00852. The van der Waals surface area contributed by atoms with E-state index in [1.807, 2.05) is 32.9 Å². The van der Waals surface area contributed by atoms with Crippen LogP contribution in [0.2, 0.25) is 0 Å². The molecule has 0 aromatic heterocycles. The van der Waals surface area contributed by atoms with Gasteiger partial charge in [0, 0.05) is 13.7 Å². The summed E-state index contributed by atoms with van der Waals surface area (Å²) in [6.45, 7) is 6.08. The normalized spacial score (nSPS) is 25.9. The summed E-state index contributed by atoms with van der Waals surface area (Å²) >= 11 is 0. The Bertz CT molecular complexity index is 624. The van der Waals surface area contributed by atoms with Crippen LogP contribution in [0.1, 0.15) is 31.9 Å². The van der Waals surface area contributed by atoms with Gasteiger partial charge in [-0.3, -0.25) is 4.90 Å². The summed E-state index contributed by atoms with van der Waals surface area (Å²) in [5.74, 6) is 0.786. The van der Waals surface area contributed by atoms with Gasteiger partial charge in [-0.15, -0.1) is 0 Å². The molecule has 6 heteroatoms. The topological polar surface area (TPSA) is 60.5 Å². The number of rotatable bonds is 3. The van der Waals surface area contributed by atoms with Crippen LogP contribution in [0.5, 0.6) is 5.75 Å². The largest absolute Gasteiger partial charge is 0.497 e. The first-order valence-electron chi connectivity index (χ1n) is 8.16. The monoisotopic (exact) mass is 335 g/mol. The highest BCUT2D eigenvalue weighted by molar-refractivity contribution is 5.69. The van der Waals surface area contributed by atoms with Gasteiger partial charge in [0.2, 0.25) is 0 Å². The first kappa shape index (κ1) is 17.0. The van der Waals surface area contributed by atoms with Crippen LogP contribution in [0.15, 0.2) is 18.2 Å². The average Bonchev–Trinajstić information content (AvgIpc) is 3.31. The minimum Gasteiger partial charge on any atom is -0.497 e. The predicted molar refractivity (Wildman–Crippen MR) is 87.9 cm³/mol. The molecular formula is C18H25NO5. The van der Waals surface area contributed by atoms with Crippen molar-refractivity contribution in [1.29, 1.82) is 0 Å². The Morgan fingerprint density at radius 3 is 2.58 bits per heavy atom. The molecule has 1 amide bonds. The summed E-state index contributed by atoms with van der Waals surface area (Å²) in [5, 5.41) is 0. The minimum atomic E-state index is -0.540. The Hall–Kier alpha value is -1.79. The standard InChI is InChI=1S/C18H25NO5/c1-18(2,3)24-17(20)19-10-12-8-13(21-4)7-6-11(12)9-14(19)15-16(22-5)23-15/h6-8,14-16H,9-10H2,1-5H3/t14-,15?,16?/m0/s1. The van der Waals surface area contributed by atoms with Gasteiger partial charge in [0.15, 0.2) is 6.29 Å². The van der Waals surface area contributed by atoms with Crippen LogP contribution in [-0.4, -0.2) is 49.2 Å². The van der Waals surface area contributed by atoms with E-state index in [4.69, 9.17) is 18.9 Å². The summed E-state index contributed by atoms with van der Waals surface area (Å²) in [6.07, 6.45) is 0.0205. The van der Waals surface area contributed by atoms with Gasteiger partial charge in [0.25, 0.3) is 0 Å². The molecule has 0 N–H and O–H groups in total. The van der Waals surface area contributed by atoms with Gasteiger partial charge >= 0.3 is 6.09 Å². The molecule has 6 nitrogen and oxygen atoms in total. The maximum Gasteiger partial charge on any atom is 0.410 e. The van der Waals surface area contributed by atoms with Gasteiger partial charge in [0.1, 0.15) is 17.5 Å². The zero-order valence-electron chi connectivity index (χ0n) is 14.9. The van der Waals surface area contributed by atoms with Gasteiger partial charge in [-0.25, -0.2) is 4.79 Å². The molecule has 2 aliphatic heterocycles. The maximum absolute atomic E-state index is 12.7. The van der Waals surface area contributed by atoms with E-state index in [9.17, 15) is 4.79 Å². The molecule has 1 aromatic carbocycles. The van der Waals surface area contributed by atoms with Crippen molar-refractivity contribution in [2.45, 2.75) is 57.8 Å². The smallest absolute Gasteiger partial charge is 0.410 e. The highest BCUT2D eigenvalue weighted by atomic mass is 16.8. The summed E-state index contributed by atoms with van der Waals surface area (Å²) in [7, 11) is 3.25. The number of methoxy groups -OCH3 is 2. The Morgan fingerprint density at radius 2 is 2.00 bits per heavy atom. The molecule has 2 unspecified atom stereocenters. The number of nitrogens with zero attached hydrogens (tertiary/aromatic N) is 1. The Balaban J connectivity index is 1.86. The van der Waals surface area contributed by atoms with Crippen LogP contribution in [0, 0.1) is 0 Å². The molecule has 0 saturated carbocycles. The fourth-order valence-corrected chi connectivity index (χ4v) is 3.10. The highest BCUT2D eigenvalue weighted by Crippen LogP contribution is 2.36. The van der Waals surface area contributed by atoms with E-state index in [1.54, 1.807) is 19.1 Å². The number of hydrogen-bond acceptors (Lipinski definition) is 5. The molecule has 0 bridgehead atoms. The van der Waals surface area contributed by atoms with E-state index in [-0.39, 0.29) is 24.5 Å². The zero-order valence-corrected chi connectivity index (χ0v) is 14.9. The van der Waals surface area contributed by atoms with Crippen molar-refractivity contribution in [2.24, 2.45) is 0 Å². The van der Waals surface area contributed by atoms with Crippen molar-refractivity contribution >= 4 is 6.09 Å². The van der Waals surface area contributed by atoms with Gasteiger partial charge < -0.3 is 18.9 Å². The second-order valence-corrected chi connectivity index (χ2v) is 7.22. The highest BCUT2D eigenvalue weighted by Gasteiger charge is 2.51. The number of ether oxygens (including phenoxy) is 4. The third kappa shape index (κ3) is 3.49. The summed E-state index contributed by atoms with van der Waals surface area (Å²) in [5.41, 5.74) is 1.73. The average molecular weight is 335 g/mol. The van der Waals surface area contributed by atoms with Gasteiger partial charge in [-0.2, -0.15) is 0 Å². The number of epoxide rings is 1. The quantitative estimate of drug-likeness (QED) is 0.795. The maximum atomic E-state index is 12.7. The van der Waals surface area contributed by atoms with Gasteiger partial charge in [-0.05, 0) is 50.5 Å². The summed E-state index contributed by atoms with van der Waals surface area (Å²) in [4.78, 5) is 14.4. The van der Waals surface area contributed by atoms with Gasteiger partial charge in [-0.1, -0.05) is 6.07 Å². The van der Waals surface area contributed by atoms with E-state index in [1.165, 1.54) is 5.56 Å². The van der Waals surface area contributed by atoms with Crippen LogP contribution in [0.3, 0.4) is 0 Å². The molecular weight excluding hydrogens is 310 g/mol. The van der Waals surface area contributed by atoms with Crippen LogP contribution in [0.4, 0.5) is 4.79 Å². The van der Waals surface area contributed by atoms with Crippen LogP contribution < -0.4 is 4.74 Å². The fourth-order valence-electron chi connectivity index (χ4n) is 3.10. The number of fused-ring (bicyclic) bond motifs is 1.